The van der Waals surface area contributed by atoms with Crippen LogP contribution in [0.3, 0.4) is 0 Å². The normalized spacial score (nSPS) is 9.55. The second-order valence-electron chi connectivity index (χ2n) is 5.54. The van der Waals surface area contributed by atoms with Gasteiger partial charge in [0.1, 0.15) is 5.82 Å². The van der Waals surface area contributed by atoms with Crippen LogP contribution in [0.1, 0.15) is 20.7 Å². The third-order valence-corrected chi connectivity index (χ3v) is 3.64. The Morgan fingerprint density at radius 1 is 0.931 bits per heavy atom. The molecule has 0 fully saturated rings. The van der Waals surface area contributed by atoms with Crippen molar-refractivity contribution in [2.45, 2.75) is 0 Å². The zero-order valence-corrected chi connectivity index (χ0v) is 15.6. The maximum absolute atomic E-state index is 13.6. The van der Waals surface area contributed by atoms with Gasteiger partial charge in [-0.1, -0.05) is 18.2 Å². The van der Waals surface area contributed by atoms with E-state index in [-0.39, 0.29) is 16.8 Å². The van der Waals surface area contributed by atoms with Gasteiger partial charge in [-0.05, 0) is 48.5 Å². The number of hydrogen-bond acceptors (Lipinski definition) is 6. The molecule has 0 spiro atoms. The molecule has 0 heterocycles. The molecule has 0 aliphatic carbocycles. The third-order valence-electron chi connectivity index (χ3n) is 3.64. The Bertz CT molecular complexity index is 984. The number of carbonyl (C=O) groups excluding carboxylic acids is 1. The van der Waals surface area contributed by atoms with E-state index in [2.05, 4.69) is 23.3 Å². The number of aromatic carboxylic acids is 1. The Labute approximate surface area is 170 Å². The summed E-state index contributed by atoms with van der Waals surface area (Å²) in [6, 6.07) is 18.1. The largest absolute Gasteiger partial charge is 0.478 e. The van der Waals surface area contributed by atoms with E-state index in [9.17, 15) is 14.0 Å². The van der Waals surface area contributed by atoms with Crippen LogP contribution in [0.2, 0.25) is 0 Å². The third kappa shape index (κ3) is 6.08. The molecule has 3 aromatic rings. The fourth-order valence-electron chi connectivity index (χ4n) is 2.30. The lowest BCUT2D eigenvalue weighted by molar-refractivity contribution is 0.0696. The molecule has 3 rings (SSSR count). The first-order chi connectivity index (χ1) is 14.0. The van der Waals surface area contributed by atoms with Gasteiger partial charge in [-0.15, -0.1) is 0 Å². The highest BCUT2D eigenvalue weighted by atomic mass is 32.1. The molecule has 0 radical (unpaired) electrons. The van der Waals surface area contributed by atoms with E-state index in [1.165, 1.54) is 30.3 Å². The number of carboxylic acids is 1. The van der Waals surface area contributed by atoms with Gasteiger partial charge in [0.05, 0.1) is 16.8 Å². The molecule has 0 saturated heterocycles. The molecule has 29 heavy (non-hydrogen) atoms. The summed E-state index contributed by atoms with van der Waals surface area (Å²) in [6.45, 7) is 0. The van der Waals surface area contributed by atoms with Gasteiger partial charge in [0.15, 0.2) is 18.3 Å². The molecule has 3 aromatic carbocycles. The zero-order valence-electron chi connectivity index (χ0n) is 14.8. The van der Waals surface area contributed by atoms with Gasteiger partial charge in [-0.25, -0.2) is 14.7 Å². The summed E-state index contributed by atoms with van der Waals surface area (Å²) in [5.74, 6) is -1.60. The molecule has 7 nitrogen and oxygen atoms in total. The number of rotatable bonds is 6. The van der Waals surface area contributed by atoms with Gasteiger partial charge in [0, 0.05) is 11.8 Å². The molecule has 3 N–H and O–H groups in total. The molecule has 0 aromatic heterocycles. The number of hydrogen-bond donors (Lipinski definition) is 3. The minimum atomic E-state index is -1.06. The predicted octanol–water partition coefficient (Wildman–Crippen LogP) is 3.85. The van der Waals surface area contributed by atoms with Crippen LogP contribution < -0.4 is 15.6 Å². The molecule has 0 saturated carbocycles. The van der Waals surface area contributed by atoms with Crippen LogP contribution in [-0.2, 0) is 12.5 Å². The fourth-order valence-corrected chi connectivity index (χ4v) is 2.30. The van der Waals surface area contributed by atoms with E-state index < -0.39 is 17.7 Å². The Balaban J connectivity index is 0.00000145. The van der Waals surface area contributed by atoms with Crippen molar-refractivity contribution in [2.75, 3.05) is 10.8 Å². The fraction of sp³-hybridized carbons (Fsp3) is 0. The van der Waals surface area contributed by atoms with Crippen LogP contribution >= 0.6 is 0 Å². The molecule has 0 unspecified atom stereocenters. The number of anilines is 2. The predicted molar refractivity (Wildman–Crippen MR) is 107 cm³/mol. The van der Waals surface area contributed by atoms with Crippen molar-refractivity contribution in [1.82, 2.24) is 0 Å². The standard InChI is InChI=1S/C20H15FN2O4.OS/c21-14-8-11-17(18(12-14)23-27-16-4-2-1-3-5-16)19(24)22-15-9-6-13(7-10-15)20(25)26;1-2/h1-12,23H,(H,22,24)(H,25,26);. The van der Waals surface area contributed by atoms with Gasteiger partial charge in [-0.2, -0.15) is 4.21 Å². The van der Waals surface area contributed by atoms with Crippen LogP contribution in [0.4, 0.5) is 15.8 Å². The lowest BCUT2D eigenvalue weighted by Gasteiger charge is -2.13. The van der Waals surface area contributed by atoms with E-state index in [0.29, 0.717) is 11.4 Å². The monoisotopic (exact) mass is 414 g/mol. The van der Waals surface area contributed by atoms with Crippen molar-refractivity contribution in [2.24, 2.45) is 0 Å². The number of para-hydroxylation sites is 1. The van der Waals surface area contributed by atoms with Gasteiger partial charge < -0.3 is 15.3 Å². The highest BCUT2D eigenvalue weighted by Crippen LogP contribution is 2.21. The van der Waals surface area contributed by atoms with E-state index >= 15 is 0 Å². The number of carbonyl (C=O) groups is 2. The quantitative estimate of drug-likeness (QED) is 0.526. The Hall–Kier alpha value is -3.85. The second kappa shape index (κ2) is 10.5. The van der Waals surface area contributed by atoms with Crippen LogP contribution in [0.15, 0.2) is 72.8 Å². The van der Waals surface area contributed by atoms with Crippen molar-refractivity contribution in [3.05, 3.63) is 89.7 Å². The summed E-state index contributed by atoms with van der Waals surface area (Å²) in [5, 5.41) is 11.5. The molecule has 9 heteroatoms. The van der Waals surface area contributed by atoms with Gasteiger partial charge in [0.2, 0.25) is 0 Å². The molecule has 0 aliphatic rings. The number of nitrogens with one attached hydrogen (secondary N) is 2. The van der Waals surface area contributed by atoms with E-state index in [1.54, 1.807) is 24.3 Å². The lowest BCUT2D eigenvalue weighted by Crippen LogP contribution is -2.16. The first-order valence-electron chi connectivity index (χ1n) is 8.12. The minimum Gasteiger partial charge on any atom is -0.478 e. The number of halogens is 1. The Morgan fingerprint density at radius 3 is 2.21 bits per heavy atom. The smallest absolute Gasteiger partial charge is 0.335 e. The lowest BCUT2D eigenvalue weighted by atomic mass is 10.1. The minimum absolute atomic E-state index is 0.105. The average Bonchev–Trinajstić information content (AvgIpc) is 2.75. The van der Waals surface area contributed by atoms with Gasteiger partial charge >= 0.3 is 5.97 Å². The Kier molecular flexibility index (Phi) is 7.75. The van der Waals surface area contributed by atoms with Crippen molar-refractivity contribution in [3.63, 3.8) is 0 Å². The van der Waals surface area contributed by atoms with E-state index in [0.717, 1.165) is 12.1 Å². The SMILES string of the molecule is O=C(O)c1ccc(NC(=O)c2ccc(F)cc2NOc2ccccc2)cc1.O=S. The number of carboxylic acid groups (broad SMARTS) is 1. The molecule has 0 bridgehead atoms. The zero-order chi connectivity index (χ0) is 21.2. The van der Waals surface area contributed by atoms with Gasteiger partial charge in [0.25, 0.3) is 5.91 Å². The summed E-state index contributed by atoms with van der Waals surface area (Å²) in [5.41, 5.74) is 3.41. The molecule has 148 valence electrons. The summed E-state index contributed by atoms with van der Waals surface area (Å²) >= 11 is 2.83. The van der Waals surface area contributed by atoms with Crippen molar-refractivity contribution >= 4 is 35.8 Å². The summed E-state index contributed by atoms with van der Waals surface area (Å²) < 4.78 is 21.4. The summed E-state index contributed by atoms with van der Waals surface area (Å²) in [4.78, 5) is 28.8. The Morgan fingerprint density at radius 2 is 1.59 bits per heavy atom. The molecule has 0 aliphatic heterocycles. The highest BCUT2D eigenvalue weighted by molar-refractivity contribution is 7.44. The van der Waals surface area contributed by atoms with E-state index in [4.69, 9.17) is 14.2 Å². The summed E-state index contributed by atoms with van der Waals surface area (Å²) in [6.07, 6.45) is 0. The number of amides is 1. The number of benzene rings is 3. The topological polar surface area (TPSA) is 105 Å². The van der Waals surface area contributed by atoms with Crippen molar-refractivity contribution in [3.8, 4) is 5.75 Å². The molecule has 1 amide bonds. The second-order valence-corrected chi connectivity index (χ2v) is 5.54. The van der Waals surface area contributed by atoms with Crippen LogP contribution in [-0.4, -0.2) is 21.2 Å². The first-order valence-corrected chi connectivity index (χ1v) is 8.45. The van der Waals surface area contributed by atoms with Crippen molar-refractivity contribution < 1.29 is 28.1 Å². The molecular formula is C20H15FN2O5S. The molecule has 0 atom stereocenters. The molecular weight excluding hydrogens is 399 g/mol. The summed E-state index contributed by atoms with van der Waals surface area (Å²) in [7, 11) is 0. The maximum Gasteiger partial charge on any atom is 0.335 e. The van der Waals surface area contributed by atoms with Crippen LogP contribution in [0, 0.1) is 5.82 Å². The van der Waals surface area contributed by atoms with Crippen molar-refractivity contribution in [1.29, 1.82) is 0 Å². The van der Waals surface area contributed by atoms with E-state index in [1.807, 2.05) is 6.07 Å². The highest BCUT2D eigenvalue weighted by Gasteiger charge is 2.14. The first kappa shape index (κ1) is 21.5. The van der Waals surface area contributed by atoms with Gasteiger partial charge in [-0.3, -0.25) is 4.79 Å². The maximum atomic E-state index is 13.6. The average molecular weight is 414 g/mol. The van der Waals surface area contributed by atoms with Crippen LogP contribution in [0.5, 0.6) is 5.75 Å². The van der Waals surface area contributed by atoms with Crippen LogP contribution in [0.25, 0.3) is 0 Å².